The molecular formula is C12H16ClNO. The van der Waals surface area contributed by atoms with Crippen LogP contribution in [0.3, 0.4) is 0 Å². The molecule has 1 saturated heterocycles. The van der Waals surface area contributed by atoms with E-state index in [1.807, 2.05) is 6.07 Å². The first kappa shape index (κ1) is 10.8. The highest BCUT2D eigenvalue weighted by Gasteiger charge is 2.16. The predicted molar refractivity (Wildman–Crippen MR) is 62.4 cm³/mol. The van der Waals surface area contributed by atoms with Crippen LogP contribution < -0.4 is 5.32 Å². The van der Waals surface area contributed by atoms with Crippen molar-refractivity contribution in [3.05, 3.63) is 28.8 Å². The quantitative estimate of drug-likeness (QED) is 0.811. The summed E-state index contributed by atoms with van der Waals surface area (Å²) < 4.78 is 0. The minimum absolute atomic E-state index is 0.327. The molecule has 1 heterocycles. The molecule has 0 radical (unpaired) electrons. The molecule has 2 rings (SSSR count). The van der Waals surface area contributed by atoms with Crippen molar-refractivity contribution in [2.75, 3.05) is 13.1 Å². The second-order valence-electron chi connectivity index (χ2n) is 4.15. The van der Waals surface area contributed by atoms with Gasteiger partial charge < -0.3 is 10.4 Å². The number of phenolic OH excluding ortho intramolecular Hbond substituents is 1. The van der Waals surface area contributed by atoms with E-state index in [2.05, 4.69) is 5.32 Å². The maximum Gasteiger partial charge on any atom is 0.120 e. The van der Waals surface area contributed by atoms with Crippen molar-refractivity contribution in [1.82, 2.24) is 5.32 Å². The van der Waals surface area contributed by atoms with Gasteiger partial charge in [-0.2, -0.15) is 0 Å². The van der Waals surface area contributed by atoms with Crippen LogP contribution in [-0.4, -0.2) is 18.2 Å². The zero-order valence-electron chi connectivity index (χ0n) is 8.67. The molecule has 2 N–H and O–H groups in total. The Kier molecular flexibility index (Phi) is 3.49. The third kappa shape index (κ3) is 2.64. The van der Waals surface area contributed by atoms with Crippen LogP contribution in [0.5, 0.6) is 5.75 Å². The van der Waals surface area contributed by atoms with Gasteiger partial charge in [0.15, 0.2) is 0 Å². The van der Waals surface area contributed by atoms with Crippen LogP contribution in [-0.2, 0) is 6.42 Å². The van der Waals surface area contributed by atoms with E-state index >= 15 is 0 Å². The van der Waals surface area contributed by atoms with Crippen molar-refractivity contribution < 1.29 is 5.11 Å². The Morgan fingerprint density at radius 2 is 2.33 bits per heavy atom. The fourth-order valence-corrected chi connectivity index (χ4v) is 2.38. The molecule has 1 aromatic carbocycles. The number of nitrogens with one attached hydrogen (secondary N) is 1. The highest BCUT2D eigenvalue weighted by atomic mass is 35.5. The van der Waals surface area contributed by atoms with Gasteiger partial charge in [0.05, 0.1) is 0 Å². The predicted octanol–water partition coefficient (Wildman–Crippen LogP) is 2.59. The number of hydrogen-bond acceptors (Lipinski definition) is 2. The first-order valence-electron chi connectivity index (χ1n) is 5.44. The summed E-state index contributed by atoms with van der Waals surface area (Å²) in [5.74, 6) is 0.928. The van der Waals surface area contributed by atoms with E-state index in [1.165, 1.54) is 12.8 Å². The number of hydrogen-bond donors (Lipinski definition) is 2. The van der Waals surface area contributed by atoms with E-state index in [-0.39, 0.29) is 0 Å². The summed E-state index contributed by atoms with van der Waals surface area (Å²) in [6, 6.07) is 5.32. The van der Waals surface area contributed by atoms with Gasteiger partial charge in [0.1, 0.15) is 5.75 Å². The smallest absolute Gasteiger partial charge is 0.120 e. The normalized spacial score (nSPS) is 21.5. The lowest BCUT2D eigenvalue weighted by Crippen LogP contribution is -2.30. The Balaban J connectivity index is 2.09. The van der Waals surface area contributed by atoms with E-state index in [4.69, 9.17) is 11.6 Å². The van der Waals surface area contributed by atoms with Crippen LogP contribution in [0.4, 0.5) is 0 Å². The lowest BCUT2D eigenvalue weighted by atomic mass is 9.92. The summed E-state index contributed by atoms with van der Waals surface area (Å²) >= 11 is 6.07. The summed E-state index contributed by atoms with van der Waals surface area (Å²) in [5.41, 5.74) is 0.896. The second kappa shape index (κ2) is 4.86. The molecule has 15 heavy (non-hydrogen) atoms. The maximum atomic E-state index is 9.72. The van der Waals surface area contributed by atoms with Crippen LogP contribution in [0, 0.1) is 5.92 Å². The molecule has 0 aromatic heterocycles. The molecule has 0 saturated carbocycles. The fourth-order valence-electron chi connectivity index (χ4n) is 2.14. The van der Waals surface area contributed by atoms with Gasteiger partial charge in [-0.15, -0.1) is 0 Å². The molecule has 1 fully saturated rings. The number of halogens is 1. The van der Waals surface area contributed by atoms with Crippen LogP contribution in [0.1, 0.15) is 18.4 Å². The minimum atomic E-state index is 0.327. The zero-order chi connectivity index (χ0) is 10.7. The Bertz CT molecular complexity index is 314. The fraction of sp³-hybridized carbons (Fsp3) is 0.500. The summed E-state index contributed by atoms with van der Waals surface area (Å²) in [4.78, 5) is 0. The zero-order valence-corrected chi connectivity index (χ0v) is 9.43. The van der Waals surface area contributed by atoms with Crippen LogP contribution in [0.25, 0.3) is 0 Å². The molecule has 0 aliphatic carbocycles. The van der Waals surface area contributed by atoms with Gasteiger partial charge in [0, 0.05) is 10.6 Å². The maximum absolute atomic E-state index is 9.72. The summed E-state index contributed by atoms with van der Waals surface area (Å²) in [6.45, 7) is 2.15. The van der Waals surface area contributed by atoms with E-state index in [0.717, 1.165) is 25.1 Å². The average Bonchev–Trinajstić information content (AvgIpc) is 2.25. The summed E-state index contributed by atoms with van der Waals surface area (Å²) in [7, 11) is 0. The van der Waals surface area contributed by atoms with Gasteiger partial charge in [-0.1, -0.05) is 17.7 Å². The van der Waals surface area contributed by atoms with Crippen molar-refractivity contribution in [3.63, 3.8) is 0 Å². The van der Waals surface area contributed by atoms with Gasteiger partial charge in [0.2, 0.25) is 0 Å². The standard InChI is InChI=1S/C12H16ClNO/c13-11-4-1-5-12(15)10(11)7-9-3-2-6-14-8-9/h1,4-5,9,14-15H,2-3,6-8H2. The number of piperidine rings is 1. The first-order valence-corrected chi connectivity index (χ1v) is 5.82. The molecule has 0 amide bonds. The third-order valence-electron chi connectivity index (χ3n) is 2.99. The Labute approximate surface area is 95.3 Å². The Hall–Kier alpha value is -0.730. The van der Waals surface area contributed by atoms with E-state index in [1.54, 1.807) is 12.1 Å². The van der Waals surface area contributed by atoms with Gasteiger partial charge in [-0.25, -0.2) is 0 Å². The SMILES string of the molecule is Oc1cccc(Cl)c1CC1CCCNC1. The molecule has 82 valence electrons. The molecule has 1 unspecified atom stereocenters. The Morgan fingerprint density at radius 1 is 1.47 bits per heavy atom. The van der Waals surface area contributed by atoms with Crippen molar-refractivity contribution in [1.29, 1.82) is 0 Å². The summed E-state index contributed by atoms with van der Waals surface area (Å²) in [5, 5.41) is 13.8. The molecular weight excluding hydrogens is 210 g/mol. The molecule has 1 aromatic rings. The lowest BCUT2D eigenvalue weighted by Gasteiger charge is -2.23. The molecule has 0 bridgehead atoms. The number of benzene rings is 1. The van der Waals surface area contributed by atoms with Gasteiger partial charge in [-0.05, 0) is 50.4 Å². The van der Waals surface area contributed by atoms with E-state index < -0.39 is 0 Å². The molecule has 0 spiro atoms. The number of rotatable bonds is 2. The van der Waals surface area contributed by atoms with Crippen molar-refractivity contribution in [3.8, 4) is 5.75 Å². The highest BCUT2D eigenvalue weighted by molar-refractivity contribution is 6.31. The summed E-state index contributed by atoms with van der Waals surface area (Å²) in [6.07, 6.45) is 3.31. The van der Waals surface area contributed by atoms with Crippen LogP contribution >= 0.6 is 11.6 Å². The third-order valence-corrected chi connectivity index (χ3v) is 3.34. The number of aromatic hydroxyl groups is 1. The average molecular weight is 226 g/mol. The van der Waals surface area contributed by atoms with E-state index in [0.29, 0.717) is 16.7 Å². The molecule has 2 nitrogen and oxygen atoms in total. The highest BCUT2D eigenvalue weighted by Crippen LogP contribution is 2.29. The van der Waals surface area contributed by atoms with E-state index in [9.17, 15) is 5.11 Å². The molecule has 1 atom stereocenters. The first-order chi connectivity index (χ1) is 7.27. The lowest BCUT2D eigenvalue weighted by molar-refractivity contribution is 0.370. The monoisotopic (exact) mass is 225 g/mol. The molecule has 1 aliphatic rings. The minimum Gasteiger partial charge on any atom is -0.508 e. The van der Waals surface area contributed by atoms with Gasteiger partial charge in [0.25, 0.3) is 0 Å². The largest absolute Gasteiger partial charge is 0.508 e. The molecule has 3 heteroatoms. The second-order valence-corrected chi connectivity index (χ2v) is 4.56. The topological polar surface area (TPSA) is 32.3 Å². The van der Waals surface area contributed by atoms with Gasteiger partial charge >= 0.3 is 0 Å². The van der Waals surface area contributed by atoms with Gasteiger partial charge in [-0.3, -0.25) is 0 Å². The van der Waals surface area contributed by atoms with Crippen LogP contribution in [0.2, 0.25) is 5.02 Å². The Morgan fingerprint density at radius 3 is 3.00 bits per heavy atom. The van der Waals surface area contributed by atoms with Crippen molar-refractivity contribution in [2.24, 2.45) is 5.92 Å². The van der Waals surface area contributed by atoms with Crippen LogP contribution in [0.15, 0.2) is 18.2 Å². The van der Waals surface area contributed by atoms with Crippen molar-refractivity contribution >= 4 is 11.6 Å². The number of phenols is 1. The van der Waals surface area contributed by atoms with Crippen molar-refractivity contribution in [2.45, 2.75) is 19.3 Å². The molecule has 1 aliphatic heterocycles.